The first-order valence-electron chi connectivity index (χ1n) is 4.87. The van der Waals surface area contributed by atoms with Crippen molar-refractivity contribution in [3.8, 4) is 5.75 Å². The third-order valence-corrected chi connectivity index (χ3v) is 2.53. The molecule has 0 heterocycles. The minimum atomic E-state index is -0.0451. The third kappa shape index (κ3) is 3.70. The van der Waals surface area contributed by atoms with Crippen LogP contribution in [-0.4, -0.2) is 19.6 Å². The Balaban J connectivity index is 2.74. The van der Waals surface area contributed by atoms with E-state index in [-0.39, 0.29) is 5.91 Å². The molecule has 1 aromatic carbocycles. The van der Waals surface area contributed by atoms with E-state index in [1.807, 2.05) is 18.2 Å². The number of rotatable bonds is 5. The van der Waals surface area contributed by atoms with Gasteiger partial charge in [0, 0.05) is 16.6 Å². The lowest BCUT2D eigenvalue weighted by molar-refractivity contribution is -0.120. The summed E-state index contributed by atoms with van der Waals surface area (Å²) in [6.45, 7) is 4.02. The van der Waals surface area contributed by atoms with Crippen molar-refractivity contribution in [3.05, 3.63) is 40.9 Å². The average Bonchev–Trinajstić information content (AvgIpc) is 2.27. The Bertz CT molecular complexity index is 391. The molecule has 0 aromatic heterocycles. The second-order valence-corrected chi connectivity index (χ2v) is 4.14. The van der Waals surface area contributed by atoms with Gasteiger partial charge in [0.2, 0.25) is 5.91 Å². The second kappa shape index (κ2) is 6.33. The van der Waals surface area contributed by atoms with Gasteiger partial charge in [-0.05, 0) is 18.2 Å². The van der Waals surface area contributed by atoms with Crippen LogP contribution in [0.3, 0.4) is 0 Å². The summed E-state index contributed by atoms with van der Waals surface area (Å²) in [5, 5.41) is 2.72. The summed E-state index contributed by atoms with van der Waals surface area (Å²) < 4.78 is 6.12. The third-order valence-electron chi connectivity index (χ3n) is 2.04. The van der Waals surface area contributed by atoms with Crippen molar-refractivity contribution in [2.45, 2.75) is 6.42 Å². The molecule has 0 spiro atoms. The summed E-state index contributed by atoms with van der Waals surface area (Å²) >= 11 is 3.36. The van der Waals surface area contributed by atoms with Gasteiger partial charge >= 0.3 is 0 Å². The van der Waals surface area contributed by atoms with E-state index in [1.54, 1.807) is 13.2 Å². The number of hydrogen-bond acceptors (Lipinski definition) is 2. The number of ether oxygens (including phenoxy) is 1. The lowest BCUT2D eigenvalue weighted by atomic mass is 10.1. The maximum Gasteiger partial charge on any atom is 0.224 e. The fourth-order valence-electron chi connectivity index (χ4n) is 1.31. The molecule has 1 rings (SSSR count). The number of halogens is 1. The van der Waals surface area contributed by atoms with Gasteiger partial charge < -0.3 is 10.1 Å². The molecular weight excluding hydrogens is 270 g/mol. The summed E-state index contributed by atoms with van der Waals surface area (Å²) in [6.07, 6.45) is 1.95. The number of hydrogen-bond donors (Lipinski definition) is 1. The van der Waals surface area contributed by atoms with Gasteiger partial charge in [-0.1, -0.05) is 22.0 Å². The van der Waals surface area contributed by atoms with Crippen molar-refractivity contribution in [3.63, 3.8) is 0 Å². The van der Waals surface area contributed by atoms with Crippen molar-refractivity contribution in [1.82, 2.24) is 5.32 Å². The quantitative estimate of drug-likeness (QED) is 0.843. The highest BCUT2D eigenvalue weighted by Crippen LogP contribution is 2.23. The molecule has 3 nitrogen and oxygen atoms in total. The molecule has 0 aliphatic rings. The normalized spacial score (nSPS) is 9.62. The molecule has 0 aliphatic heterocycles. The number of carbonyl (C=O) groups is 1. The van der Waals surface area contributed by atoms with Crippen LogP contribution in [0.5, 0.6) is 5.75 Å². The lowest BCUT2D eigenvalue weighted by Crippen LogP contribution is -2.25. The van der Waals surface area contributed by atoms with E-state index in [1.165, 1.54) is 0 Å². The fourth-order valence-corrected chi connectivity index (χ4v) is 1.72. The molecular formula is C12H14BrNO2. The van der Waals surface area contributed by atoms with Crippen LogP contribution in [0.2, 0.25) is 0 Å². The van der Waals surface area contributed by atoms with Crippen LogP contribution in [0.15, 0.2) is 35.3 Å². The van der Waals surface area contributed by atoms with Gasteiger partial charge in [-0.3, -0.25) is 4.79 Å². The number of amides is 1. The first-order valence-corrected chi connectivity index (χ1v) is 5.66. The molecule has 0 atom stereocenters. The molecule has 0 radical (unpaired) electrons. The maximum absolute atomic E-state index is 11.5. The molecule has 1 amide bonds. The summed E-state index contributed by atoms with van der Waals surface area (Å²) in [5.74, 6) is 0.674. The van der Waals surface area contributed by atoms with Gasteiger partial charge in [-0.25, -0.2) is 0 Å². The van der Waals surface area contributed by atoms with E-state index in [9.17, 15) is 4.79 Å². The molecule has 0 saturated heterocycles. The highest BCUT2D eigenvalue weighted by molar-refractivity contribution is 9.10. The summed E-state index contributed by atoms with van der Waals surface area (Å²) in [7, 11) is 1.59. The Kier molecular flexibility index (Phi) is 5.05. The van der Waals surface area contributed by atoms with Gasteiger partial charge in [-0.2, -0.15) is 0 Å². The van der Waals surface area contributed by atoms with Gasteiger partial charge in [0.1, 0.15) is 5.75 Å². The van der Waals surface area contributed by atoms with E-state index >= 15 is 0 Å². The zero-order valence-corrected chi connectivity index (χ0v) is 10.7. The van der Waals surface area contributed by atoms with Crippen molar-refractivity contribution >= 4 is 21.8 Å². The van der Waals surface area contributed by atoms with Crippen LogP contribution in [0.4, 0.5) is 0 Å². The molecule has 0 fully saturated rings. The fraction of sp³-hybridized carbons (Fsp3) is 0.250. The predicted octanol–water partition coefficient (Wildman–Crippen LogP) is 2.30. The van der Waals surface area contributed by atoms with Crippen LogP contribution >= 0.6 is 15.9 Å². The van der Waals surface area contributed by atoms with Crippen molar-refractivity contribution in [1.29, 1.82) is 0 Å². The SMILES string of the molecule is C=CCNC(=O)Cc1cc(Br)ccc1OC. The standard InChI is InChI=1S/C12H14BrNO2/c1-3-6-14-12(15)8-9-7-10(13)4-5-11(9)16-2/h3-5,7H,1,6,8H2,2H3,(H,14,15). The monoisotopic (exact) mass is 283 g/mol. The summed E-state index contributed by atoms with van der Waals surface area (Å²) in [4.78, 5) is 11.5. The molecule has 86 valence electrons. The van der Waals surface area contributed by atoms with E-state index in [0.717, 1.165) is 15.8 Å². The zero-order valence-electron chi connectivity index (χ0n) is 9.13. The van der Waals surface area contributed by atoms with E-state index in [0.29, 0.717) is 13.0 Å². The Morgan fingerprint density at radius 2 is 2.38 bits per heavy atom. The Hall–Kier alpha value is -1.29. The van der Waals surface area contributed by atoms with E-state index < -0.39 is 0 Å². The molecule has 1 aromatic rings. The molecule has 0 bridgehead atoms. The van der Waals surface area contributed by atoms with E-state index in [2.05, 4.69) is 27.8 Å². The number of methoxy groups -OCH3 is 1. The predicted molar refractivity (Wildman–Crippen MR) is 67.6 cm³/mol. The summed E-state index contributed by atoms with van der Waals surface area (Å²) in [5.41, 5.74) is 0.860. The Morgan fingerprint density at radius 3 is 3.00 bits per heavy atom. The zero-order chi connectivity index (χ0) is 12.0. The van der Waals surface area contributed by atoms with Crippen LogP contribution in [0.25, 0.3) is 0 Å². The first-order chi connectivity index (χ1) is 7.67. The molecule has 1 N–H and O–H groups in total. The highest BCUT2D eigenvalue weighted by atomic mass is 79.9. The molecule has 0 aliphatic carbocycles. The van der Waals surface area contributed by atoms with Crippen LogP contribution in [0, 0.1) is 0 Å². The minimum Gasteiger partial charge on any atom is -0.496 e. The van der Waals surface area contributed by atoms with Crippen molar-refractivity contribution in [2.75, 3.05) is 13.7 Å². The molecule has 0 saturated carbocycles. The van der Waals surface area contributed by atoms with Gasteiger partial charge in [0.25, 0.3) is 0 Å². The molecule has 16 heavy (non-hydrogen) atoms. The van der Waals surface area contributed by atoms with Gasteiger partial charge in [-0.15, -0.1) is 6.58 Å². The minimum absolute atomic E-state index is 0.0451. The van der Waals surface area contributed by atoms with E-state index in [4.69, 9.17) is 4.74 Å². The lowest BCUT2D eigenvalue weighted by Gasteiger charge is -2.08. The van der Waals surface area contributed by atoms with Crippen LogP contribution in [-0.2, 0) is 11.2 Å². The number of nitrogens with one attached hydrogen (secondary N) is 1. The second-order valence-electron chi connectivity index (χ2n) is 3.23. The number of carbonyl (C=O) groups excluding carboxylic acids is 1. The van der Waals surface area contributed by atoms with Crippen LogP contribution in [0.1, 0.15) is 5.56 Å². The molecule has 0 unspecified atom stereocenters. The maximum atomic E-state index is 11.5. The smallest absolute Gasteiger partial charge is 0.224 e. The summed E-state index contributed by atoms with van der Waals surface area (Å²) in [6, 6.07) is 5.59. The highest BCUT2D eigenvalue weighted by Gasteiger charge is 2.08. The Morgan fingerprint density at radius 1 is 1.62 bits per heavy atom. The van der Waals surface area contributed by atoms with Crippen molar-refractivity contribution < 1.29 is 9.53 Å². The van der Waals surface area contributed by atoms with Gasteiger partial charge in [0.05, 0.1) is 13.5 Å². The first kappa shape index (κ1) is 12.8. The van der Waals surface area contributed by atoms with Crippen LogP contribution < -0.4 is 10.1 Å². The molecule has 4 heteroatoms. The topological polar surface area (TPSA) is 38.3 Å². The van der Waals surface area contributed by atoms with Gasteiger partial charge in [0.15, 0.2) is 0 Å². The largest absolute Gasteiger partial charge is 0.496 e. The Labute approximate surface area is 104 Å². The van der Waals surface area contributed by atoms with Crippen molar-refractivity contribution in [2.24, 2.45) is 0 Å². The average molecular weight is 284 g/mol. The number of benzene rings is 1.